The SMILES string of the molecule is CCCN(c1ncccc1OC)C1CNC1. The summed E-state index contributed by atoms with van der Waals surface area (Å²) in [5.41, 5.74) is 0. The summed E-state index contributed by atoms with van der Waals surface area (Å²) in [6, 6.07) is 4.44. The summed E-state index contributed by atoms with van der Waals surface area (Å²) in [5, 5.41) is 3.30. The van der Waals surface area contributed by atoms with E-state index in [0.717, 1.165) is 37.6 Å². The molecule has 4 nitrogen and oxygen atoms in total. The zero-order valence-corrected chi connectivity index (χ0v) is 9.94. The molecule has 0 aliphatic carbocycles. The zero-order valence-electron chi connectivity index (χ0n) is 9.94. The second-order valence-electron chi connectivity index (χ2n) is 4.03. The predicted octanol–water partition coefficient (Wildman–Crippen LogP) is 1.28. The van der Waals surface area contributed by atoms with Crippen molar-refractivity contribution in [2.45, 2.75) is 19.4 Å². The van der Waals surface area contributed by atoms with E-state index in [4.69, 9.17) is 4.74 Å². The molecule has 0 bridgehead atoms. The monoisotopic (exact) mass is 221 g/mol. The van der Waals surface area contributed by atoms with Crippen LogP contribution in [0.4, 0.5) is 5.82 Å². The van der Waals surface area contributed by atoms with E-state index < -0.39 is 0 Å². The number of methoxy groups -OCH3 is 1. The summed E-state index contributed by atoms with van der Waals surface area (Å²) in [6.45, 7) is 5.30. The summed E-state index contributed by atoms with van der Waals surface area (Å²) in [6.07, 6.45) is 2.95. The van der Waals surface area contributed by atoms with Crippen LogP contribution >= 0.6 is 0 Å². The summed E-state index contributed by atoms with van der Waals surface area (Å²) >= 11 is 0. The molecule has 0 aromatic carbocycles. The lowest BCUT2D eigenvalue weighted by molar-refractivity contribution is 0.388. The Kier molecular flexibility index (Phi) is 3.62. The van der Waals surface area contributed by atoms with Crippen LogP contribution in [-0.2, 0) is 0 Å². The molecular weight excluding hydrogens is 202 g/mol. The Labute approximate surface area is 96.6 Å². The number of nitrogens with one attached hydrogen (secondary N) is 1. The van der Waals surface area contributed by atoms with Gasteiger partial charge >= 0.3 is 0 Å². The summed E-state index contributed by atoms with van der Waals surface area (Å²) in [5.74, 6) is 1.83. The van der Waals surface area contributed by atoms with Gasteiger partial charge in [-0.25, -0.2) is 4.98 Å². The average molecular weight is 221 g/mol. The molecular formula is C12H19N3O. The van der Waals surface area contributed by atoms with Gasteiger partial charge in [0, 0.05) is 25.8 Å². The third-order valence-corrected chi connectivity index (χ3v) is 2.91. The minimum absolute atomic E-state index is 0.559. The van der Waals surface area contributed by atoms with Gasteiger partial charge in [-0.3, -0.25) is 0 Å². The maximum absolute atomic E-state index is 5.37. The molecule has 88 valence electrons. The van der Waals surface area contributed by atoms with Crippen molar-refractivity contribution in [2.75, 3.05) is 31.6 Å². The first kappa shape index (κ1) is 11.2. The fraction of sp³-hybridized carbons (Fsp3) is 0.583. The highest BCUT2D eigenvalue weighted by molar-refractivity contribution is 5.53. The number of nitrogens with zero attached hydrogens (tertiary/aromatic N) is 2. The smallest absolute Gasteiger partial charge is 0.171 e. The van der Waals surface area contributed by atoms with Crippen LogP contribution in [0.15, 0.2) is 18.3 Å². The Morgan fingerprint density at radius 3 is 2.94 bits per heavy atom. The van der Waals surface area contributed by atoms with Gasteiger partial charge in [-0.05, 0) is 18.6 Å². The minimum atomic E-state index is 0.559. The van der Waals surface area contributed by atoms with Crippen molar-refractivity contribution >= 4 is 5.82 Å². The maximum atomic E-state index is 5.37. The van der Waals surface area contributed by atoms with Gasteiger partial charge in [0.2, 0.25) is 0 Å². The lowest BCUT2D eigenvalue weighted by atomic mass is 10.1. The van der Waals surface area contributed by atoms with Gasteiger partial charge in [0.25, 0.3) is 0 Å². The van der Waals surface area contributed by atoms with Crippen molar-refractivity contribution in [3.8, 4) is 5.75 Å². The van der Waals surface area contributed by atoms with E-state index >= 15 is 0 Å². The van der Waals surface area contributed by atoms with Crippen molar-refractivity contribution < 1.29 is 4.74 Å². The normalized spacial score (nSPS) is 15.6. The van der Waals surface area contributed by atoms with E-state index in [2.05, 4.69) is 22.1 Å². The molecule has 16 heavy (non-hydrogen) atoms. The fourth-order valence-electron chi connectivity index (χ4n) is 1.95. The van der Waals surface area contributed by atoms with Crippen molar-refractivity contribution in [1.29, 1.82) is 0 Å². The molecule has 2 heterocycles. The molecule has 0 spiro atoms. The molecule has 4 heteroatoms. The Morgan fingerprint density at radius 1 is 1.56 bits per heavy atom. The van der Waals surface area contributed by atoms with Gasteiger partial charge in [-0.1, -0.05) is 6.92 Å². The molecule has 1 aliphatic rings. The van der Waals surface area contributed by atoms with Gasteiger partial charge in [-0.15, -0.1) is 0 Å². The zero-order chi connectivity index (χ0) is 11.4. The van der Waals surface area contributed by atoms with E-state index in [1.165, 1.54) is 0 Å². The highest BCUT2D eigenvalue weighted by Crippen LogP contribution is 2.27. The maximum Gasteiger partial charge on any atom is 0.171 e. The molecule has 0 amide bonds. The van der Waals surface area contributed by atoms with E-state index in [0.29, 0.717) is 6.04 Å². The Balaban J connectivity index is 2.22. The number of ether oxygens (including phenoxy) is 1. The summed E-state index contributed by atoms with van der Waals surface area (Å²) in [7, 11) is 1.70. The number of aromatic nitrogens is 1. The third-order valence-electron chi connectivity index (χ3n) is 2.91. The minimum Gasteiger partial charge on any atom is -0.493 e. The van der Waals surface area contributed by atoms with Gasteiger partial charge in [0.15, 0.2) is 11.6 Å². The van der Waals surface area contributed by atoms with E-state index in [9.17, 15) is 0 Å². The molecule has 2 rings (SSSR count). The highest BCUT2D eigenvalue weighted by Gasteiger charge is 2.26. The lowest BCUT2D eigenvalue weighted by Crippen LogP contribution is -2.57. The standard InChI is InChI=1S/C12H19N3O/c1-3-7-15(10-8-13-9-10)12-11(16-2)5-4-6-14-12/h4-6,10,13H,3,7-9H2,1-2H3. The molecule has 1 aromatic heterocycles. The number of anilines is 1. The first-order valence-corrected chi connectivity index (χ1v) is 5.83. The predicted molar refractivity (Wildman–Crippen MR) is 65.1 cm³/mol. The molecule has 1 saturated heterocycles. The van der Waals surface area contributed by atoms with Gasteiger partial charge in [0.05, 0.1) is 13.2 Å². The van der Waals surface area contributed by atoms with Crippen LogP contribution < -0.4 is 15.0 Å². The van der Waals surface area contributed by atoms with Crippen LogP contribution in [0.25, 0.3) is 0 Å². The molecule has 1 fully saturated rings. The fourth-order valence-corrected chi connectivity index (χ4v) is 1.95. The molecule has 1 aromatic rings. The number of rotatable bonds is 5. The molecule has 0 saturated carbocycles. The van der Waals surface area contributed by atoms with E-state index in [1.807, 2.05) is 18.3 Å². The van der Waals surface area contributed by atoms with Crippen LogP contribution in [0.3, 0.4) is 0 Å². The van der Waals surface area contributed by atoms with Crippen molar-refractivity contribution in [3.63, 3.8) is 0 Å². The Bertz CT molecular complexity index is 339. The first-order valence-electron chi connectivity index (χ1n) is 5.83. The largest absolute Gasteiger partial charge is 0.493 e. The average Bonchev–Trinajstić information content (AvgIpc) is 2.26. The second kappa shape index (κ2) is 5.16. The van der Waals surface area contributed by atoms with E-state index in [-0.39, 0.29) is 0 Å². The molecule has 0 radical (unpaired) electrons. The lowest BCUT2D eigenvalue weighted by Gasteiger charge is -2.39. The molecule has 1 aliphatic heterocycles. The number of hydrogen-bond donors (Lipinski definition) is 1. The van der Waals surface area contributed by atoms with Crippen LogP contribution in [0.5, 0.6) is 5.75 Å². The number of hydrogen-bond acceptors (Lipinski definition) is 4. The summed E-state index contributed by atoms with van der Waals surface area (Å²) in [4.78, 5) is 6.79. The van der Waals surface area contributed by atoms with Crippen LogP contribution in [0, 0.1) is 0 Å². The van der Waals surface area contributed by atoms with Crippen molar-refractivity contribution in [2.24, 2.45) is 0 Å². The first-order chi connectivity index (χ1) is 7.86. The van der Waals surface area contributed by atoms with Gasteiger partial charge in [0.1, 0.15) is 0 Å². The highest BCUT2D eigenvalue weighted by atomic mass is 16.5. The molecule has 0 atom stereocenters. The third kappa shape index (κ3) is 2.11. The Morgan fingerprint density at radius 2 is 2.38 bits per heavy atom. The second-order valence-corrected chi connectivity index (χ2v) is 4.03. The topological polar surface area (TPSA) is 37.4 Å². The quantitative estimate of drug-likeness (QED) is 0.812. The van der Waals surface area contributed by atoms with Gasteiger partial charge in [-0.2, -0.15) is 0 Å². The molecule has 1 N–H and O–H groups in total. The molecule has 0 unspecified atom stereocenters. The Hall–Kier alpha value is -1.29. The van der Waals surface area contributed by atoms with Crippen LogP contribution in [0.2, 0.25) is 0 Å². The number of pyridine rings is 1. The van der Waals surface area contributed by atoms with E-state index in [1.54, 1.807) is 7.11 Å². The van der Waals surface area contributed by atoms with Crippen molar-refractivity contribution in [1.82, 2.24) is 10.3 Å². The van der Waals surface area contributed by atoms with Crippen LogP contribution in [0.1, 0.15) is 13.3 Å². The van der Waals surface area contributed by atoms with Crippen LogP contribution in [-0.4, -0.2) is 37.8 Å². The summed E-state index contributed by atoms with van der Waals surface area (Å²) < 4.78 is 5.37. The van der Waals surface area contributed by atoms with Gasteiger partial charge < -0.3 is 15.0 Å². The van der Waals surface area contributed by atoms with Crippen molar-refractivity contribution in [3.05, 3.63) is 18.3 Å².